The van der Waals surface area contributed by atoms with E-state index in [1.807, 2.05) is 0 Å². The van der Waals surface area contributed by atoms with E-state index in [9.17, 15) is 0 Å². The highest BCUT2D eigenvalue weighted by Crippen LogP contribution is 2.31. The summed E-state index contributed by atoms with van der Waals surface area (Å²) in [5.41, 5.74) is 5.37. The molecule has 0 radical (unpaired) electrons. The zero-order valence-electron chi connectivity index (χ0n) is 13.5. The van der Waals surface area contributed by atoms with Crippen molar-refractivity contribution < 1.29 is 4.74 Å². The van der Waals surface area contributed by atoms with Gasteiger partial charge in [0.25, 0.3) is 0 Å². The Balaban J connectivity index is 2.47. The Hall–Kier alpha value is -1.48. The summed E-state index contributed by atoms with van der Waals surface area (Å²) in [6, 6.07) is 4.80. The SMILES string of the molecule is COc1cc(C)c2c(c1)c(CCNC(C)C)c(C)n2C. The number of fused-ring (bicyclic) bond motifs is 1. The minimum Gasteiger partial charge on any atom is -0.497 e. The molecule has 0 atom stereocenters. The van der Waals surface area contributed by atoms with Crippen LogP contribution in [0.15, 0.2) is 12.1 Å². The normalized spacial score (nSPS) is 11.6. The fourth-order valence-electron chi connectivity index (χ4n) is 2.91. The molecule has 0 aliphatic heterocycles. The molecule has 2 rings (SSSR count). The van der Waals surface area contributed by atoms with Crippen LogP contribution >= 0.6 is 0 Å². The molecule has 0 spiro atoms. The predicted octanol–water partition coefficient (Wildman–Crippen LogP) is 3.34. The molecule has 0 fully saturated rings. The van der Waals surface area contributed by atoms with Gasteiger partial charge in [-0.1, -0.05) is 13.8 Å². The van der Waals surface area contributed by atoms with E-state index < -0.39 is 0 Å². The molecular formula is C17H26N2O. The first-order chi connectivity index (χ1) is 9.45. The van der Waals surface area contributed by atoms with Crippen LogP contribution in [0.1, 0.15) is 30.7 Å². The van der Waals surface area contributed by atoms with Gasteiger partial charge in [-0.15, -0.1) is 0 Å². The lowest BCUT2D eigenvalue weighted by molar-refractivity contribution is 0.415. The summed E-state index contributed by atoms with van der Waals surface area (Å²) in [4.78, 5) is 0. The van der Waals surface area contributed by atoms with Crippen LogP contribution in [0.5, 0.6) is 5.75 Å². The molecule has 2 aromatic rings. The van der Waals surface area contributed by atoms with Gasteiger partial charge in [0.2, 0.25) is 0 Å². The summed E-state index contributed by atoms with van der Waals surface area (Å²) >= 11 is 0. The Kier molecular flexibility index (Phi) is 4.39. The first-order valence-electron chi connectivity index (χ1n) is 7.31. The molecule has 0 amide bonds. The molecule has 1 aromatic heterocycles. The van der Waals surface area contributed by atoms with E-state index in [0.717, 1.165) is 18.7 Å². The van der Waals surface area contributed by atoms with Crippen molar-refractivity contribution in [3.05, 3.63) is 29.0 Å². The summed E-state index contributed by atoms with van der Waals surface area (Å²) in [5.74, 6) is 0.943. The number of hydrogen-bond donors (Lipinski definition) is 1. The van der Waals surface area contributed by atoms with Gasteiger partial charge in [0.05, 0.1) is 12.6 Å². The maximum absolute atomic E-state index is 5.43. The second-order valence-corrected chi connectivity index (χ2v) is 5.82. The van der Waals surface area contributed by atoms with Crippen LogP contribution in [0.4, 0.5) is 0 Å². The molecule has 1 aromatic carbocycles. The number of methoxy groups -OCH3 is 1. The first kappa shape index (κ1) is 14.9. The summed E-state index contributed by atoms with van der Waals surface area (Å²) < 4.78 is 7.73. The Morgan fingerprint density at radius 2 is 1.95 bits per heavy atom. The van der Waals surface area contributed by atoms with Crippen molar-refractivity contribution in [2.45, 2.75) is 40.2 Å². The van der Waals surface area contributed by atoms with E-state index in [0.29, 0.717) is 6.04 Å². The Morgan fingerprint density at radius 3 is 2.55 bits per heavy atom. The highest BCUT2D eigenvalue weighted by atomic mass is 16.5. The minimum atomic E-state index is 0.529. The zero-order chi connectivity index (χ0) is 14.9. The van der Waals surface area contributed by atoms with E-state index in [-0.39, 0.29) is 0 Å². The van der Waals surface area contributed by atoms with Crippen LogP contribution in [0.3, 0.4) is 0 Å². The smallest absolute Gasteiger partial charge is 0.119 e. The molecule has 0 aliphatic carbocycles. The monoisotopic (exact) mass is 274 g/mol. The summed E-state index contributed by atoms with van der Waals surface area (Å²) in [7, 11) is 3.88. The van der Waals surface area contributed by atoms with E-state index in [1.165, 1.54) is 27.7 Å². The molecule has 0 saturated carbocycles. The number of ether oxygens (including phenoxy) is 1. The van der Waals surface area contributed by atoms with Gasteiger partial charge in [-0.25, -0.2) is 0 Å². The van der Waals surface area contributed by atoms with Crippen LogP contribution in [0, 0.1) is 13.8 Å². The number of aromatic nitrogens is 1. The van der Waals surface area contributed by atoms with Crippen LogP contribution in [0.25, 0.3) is 10.9 Å². The number of rotatable bonds is 5. The fourth-order valence-corrected chi connectivity index (χ4v) is 2.91. The molecule has 3 nitrogen and oxygen atoms in total. The van der Waals surface area contributed by atoms with E-state index in [2.05, 4.69) is 56.8 Å². The largest absolute Gasteiger partial charge is 0.497 e. The number of benzene rings is 1. The molecule has 0 aliphatic rings. The molecule has 1 heterocycles. The van der Waals surface area contributed by atoms with Crippen LogP contribution in [-0.2, 0) is 13.5 Å². The first-order valence-corrected chi connectivity index (χ1v) is 7.31. The second-order valence-electron chi connectivity index (χ2n) is 5.82. The second kappa shape index (κ2) is 5.88. The maximum Gasteiger partial charge on any atom is 0.119 e. The fraction of sp³-hybridized carbons (Fsp3) is 0.529. The van der Waals surface area contributed by atoms with Crippen LogP contribution in [-0.4, -0.2) is 24.3 Å². The van der Waals surface area contributed by atoms with Gasteiger partial charge < -0.3 is 14.6 Å². The van der Waals surface area contributed by atoms with Crippen molar-refractivity contribution in [1.29, 1.82) is 0 Å². The lowest BCUT2D eigenvalue weighted by atomic mass is 10.1. The third-order valence-corrected chi connectivity index (χ3v) is 4.04. The van der Waals surface area contributed by atoms with Gasteiger partial charge in [0.1, 0.15) is 5.75 Å². The molecule has 1 N–H and O–H groups in total. The van der Waals surface area contributed by atoms with Crippen LogP contribution < -0.4 is 10.1 Å². The average molecular weight is 274 g/mol. The lowest BCUT2D eigenvalue weighted by Crippen LogP contribution is -2.25. The molecule has 0 unspecified atom stereocenters. The molecule has 20 heavy (non-hydrogen) atoms. The van der Waals surface area contributed by atoms with Crippen LogP contribution in [0.2, 0.25) is 0 Å². The average Bonchev–Trinajstić information content (AvgIpc) is 2.63. The quantitative estimate of drug-likeness (QED) is 0.905. The van der Waals surface area contributed by atoms with Crippen molar-refractivity contribution in [2.75, 3.05) is 13.7 Å². The minimum absolute atomic E-state index is 0.529. The molecule has 3 heteroatoms. The molecule has 110 valence electrons. The Labute approximate surface area is 121 Å². The molecular weight excluding hydrogens is 248 g/mol. The Morgan fingerprint density at radius 1 is 1.25 bits per heavy atom. The van der Waals surface area contributed by atoms with Gasteiger partial charge in [-0.3, -0.25) is 0 Å². The van der Waals surface area contributed by atoms with Crippen molar-refractivity contribution in [1.82, 2.24) is 9.88 Å². The summed E-state index contributed by atoms with van der Waals surface area (Å²) in [6.45, 7) is 9.73. The van der Waals surface area contributed by atoms with Gasteiger partial charge >= 0.3 is 0 Å². The highest BCUT2D eigenvalue weighted by molar-refractivity contribution is 5.89. The molecule has 0 saturated heterocycles. The number of nitrogens with zero attached hydrogens (tertiary/aromatic N) is 1. The lowest BCUT2D eigenvalue weighted by Gasteiger charge is -2.08. The highest BCUT2D eigenvalue weighted by Gasteiger charge is 2.14. The van der Waals surface area contributed by atoms with Crippen molar-refractivity contribution in [3.8, 4) is 5.75 Å². The van der Waals surface area contributed by atoms with Gasteiger partial charge in [-0.2, -0.15) is 0 Å². The van der Waals surface area contributed by atoms with Crippen molar-refractivity contribution in [3.63, 3.8) is 0 Å². The van der Waals surface area contributed by atoms with E-state index in [1.54, 1.807) is 7.11 Å². The number of hydrogen-bond acceptors (Lipinski definition) is 2. The Bertz CT molecular complexity index is 611. The van der Waals surface area contributed by atoms with Crippen molar-refractivity contribution in [2.24, 2.45) is 7.05 Å². The van der Waals surface area contributed by atoms with Gasteiger partial charge in [-0.05, 0) is 50.1 Å². The van der Waals surface area contributed by atoms with E-state index in [4.69, 9.17) is 4.74 Å². The molecule has 0 bridgehead atoms. The maximum atomic E-state index is 5.43. The van der Waals surface area contributed by atoms with Gasteiger partial charge in [0, 0.05) is 24.2 Å². The van der Waals surface area contributed by atoms with Gasteiger partial charge in [0.15, 0.2) is 0 Å². The standard InChI is InChI=1S/C17H26N2O/c1-11(2)18-8-7-15-13(4)19(5)17-12(3)9-14(20-6)10-16(15)17/h9-11,18H,7-8H2,1-6H3. The number of aryl methyl sites for hydroxylation is 2. The topological polar surface area (TPSA) is 26.2 Å². The summed E-state index contributed by atoms with van der Waals surface area (Å²) in [5, 5.41) is 4.82. The van der Waals surface area contributed by atoms with Crippen molar-refractivity contribution >= 4 is 10.9 Å². The predicted molar refractivity (Wildman–Crippen MR) is 85.8 cm³/mol. The summed E-state index contributed by atoms with van der Waals surface area (Å²) in [6.07, 6.45) is 1.05. The zero-order valence-corrected chi connectivity index (χ0v) is 13.5. The third-order valence-electron chi connectivity index (χ3n) is 4.04. The third kappa shape index (κ3) is 2.68. The van der Waals surface area contributed by atoms with E-state index >= 15 is 0 Å². The number of nitrogens with one attached hydrogen (secondary N) is 1.